The molecule has 0 spiro atoms. The molecule has 3 aromatic carbocycles. The number of rotatable bonds is 3. The first kappa shape index (κ1) is 16.1. The Labute approximate surface area is 164 Å². The zero-order chi connectivity index (χ0) is 18.5. The molecule has 3 heterocycles. The summed E-state index contributed by atoms with van der Waals surface area (Å²) in [5.41, 5.74) is 5.32. The number of hydrogen-bond donors (Lipinski definition) is 0. The van der Waals surface area contributed by atoms with Crippen LogP contribution in [0.3, 0.4) is 0 Å². The van der Waals surface area contributed by atoms with Gasteiger partial charge in [-0.25, -0.2) is 0 Å². The quantitative estimate of drug-likeness (QED) is 0.490. The molecule has 0 saturated carbocycles. The van der Waals surface area contributed by atoms with Gasteiger partial charge in [0.05, 0.1) is 12.6 Å². The lowest BCUT2D eigenvalue weighted by atomic mass is 9.83. The molecule has 0 amide bonds. The summed E-state index contributed by atoms with van der Waals surface area (Å²) < 4.78 is 2.47. The van der Waals surface area contributed by atoms with Gasteiger partial charge in [-0.1, -0.05) is 78.9 Å². The number of fused-ring (bicyclic) bond motifs is 6. The molecule has 0 aliphatic carbocycles. The fourth-order valence-corrected chi connectivity index (χ4v) is 5.00. The molecule has 3 nitrogen and oxygen atoms in total. The second-order valence-electron chi connectivity index (χ2n) is 7.82. The molecule has 3 heteroatoms. The molecule has 2 aliphatic rings. The van der Waals surface area contributed by atoms with Crippen molar-refractivity contribution in [2.24, 2.45) is 0 Å². The van der Waals surface area contributed by atoms with Crippen LogP contribution in [0.5, 0.6) is 0 Å². The summed E-state index contributed by atoms with van der Waals surface area (Å²) in [5, 5.41) is 3.53. The maximum atomic E-state index is 6.56. The van der Waals surface area contributed by atoms with E-state index in [4.69, 9.17) is 4.84 Å². The molecule has 0 N–H and O–H groups in total. The van der Waals surface area contributed by atoms with E-state index in [1.54, 1.807) is 0 Å². The second-order valence-corrected chi connectivity index (χ2v) is 7.82. The van der Waals surface area contributed by atoms with Crippen molar-refractivity contribution < 1.29 is 4.84 Å². The highest BCUT2D eigenvalue weighted by Crippen LogP contribution is 2.51. The van der Waals surface area contributed by atoms with Crippen LogP contribution >= 0.6 is 0 Å². The van der Waals surface area contributed by atoms with Crippen molar-refractivity contribution >= 4 is 10.9 Å². The van der Waals surface area contributed by atoms with E-state index in [-0.39, 0.29) is 12.1 Å². The van der Waals surface area contributed by atoms with Crippen molar-refractivity contribution in [3.05, 3.63) is 108 Å². The lowest BCUT2D eigenvalue weighted by Crippen LogP contribution is -2.30. The molecule has 1 saturated heterocycles. The third kappa shape index (κ3) is 2.44. The van der Waals surface area contributed by atoms with Gasteiger partial charge < -0.3 is 4.57 Å². The molecule has 28 heavy (non-hydrogen) atoms. The van der Waals surface area contributed by atoms with Crippen LogP contribution in [-0.4, -0.2) is 15.7 Å². The van der Waals surface area contributed by atoms with Gasteiger partial charge in [0.15, 0.2) is 0 Å². The van der Waals surface area contributed by atoms with Crippen LogP contribution < -0.4 is 0 Å². The van der Waals surface area contributed by atoms with Crippen LogP contribution in [0.15, 0.2) is 91.0 Å². The fourth-order valence-electron chi connectivity index (χ4n) is 5.00. The van der Waals surface area contributed by atoms with Crippen molar-refractivity contribution in [1.82, 2.24) is 9.63 Å². The van der Waals surface area contributed by atoms with Crippen molar-refractivity contribution in [2.75, 3.05) is 0 Å². The predicted octanol–water partition coefficient (Wildman–Crippen LogP) is 5.30. The van der Waals surface area contributed by atoms with E-state index in [0.717, 1.165) is 13.1 Å². The number of nitrogens with zero attached hydrogens (tertiary/aromatic N) is 2. The fraction of sp³-hybridized carbons (Fsp3) is 0.200. The average molecular weight is 366 g/mol. The van der Waals surface area contributed by atoms with E-state index in [9.17, 15) is 0 Å². The third-order valence-electron chi connectivity index (χ3n) is 6.20. The van der Waals surface area contributed by atoms with E-state index in [1.807, 2.05) is 0 Å². The summed E-state index contributed by atoms with van der Waals surface area (Å²) in [5.74, 6) is 0.349. The SMILES string of the molecule is c1ccc(CN2O[C@H]3Cn4c(cc5ccccc54)[C@@H]2[C@@H]3c2ccccc2)cc1. The van der Waals surface area contributed by atoms with Gasteiger partial charge in [0.1, 0.15) is 6.10 Å². The molecular weight excluding hydrogens is 344 g/mol. The molecule has 4 aromatic rings. The average Bonchev–Trinajstić information content (AvgIpc) is 3.25. The zero-order valence-corrected chi connectivity index (χ0v) is 15.6. The normalized spacial score (nSPS) is 23.8. The van der Waals surface area contributed by atoms with Crippen LogP contribution in [0, 0.1) is 0 Å². The minimum absolute atomic E-state index is 0.152. The first-order valence-electron chi connectivity index (χ1n) is 9.99. The third-order valence-corrected chi connectivity index (χ3v) is 6.20. The van der Waals surface area contributed by atoms with Crippen LogP contribution in [0.4, 0.5) is 0 Å². The van der Waals surface area contributed by atoms with Gasteiger partial charge in [0.25, 0.3) is 0 Å². The molecule has 2 aliphatic heterocycles. The largest absolute Gasteiger partial charge is 0.340 e. The number of para-hydroxylation sites is 1. The van der Waals surface area contributed by atoms with E-state index < -0.39 is 0 Å². The van der Waals surface area contributed by atoms with Crippen LogP contribution in [-0.2, 0) is 17.9 Å². The lowest BCUT2D eigenvalue weighted by molar-refractivity contribution is -0.167. The van der Waals surface area contributed by atoms with Gasteiger partial charge in [-0.05, 0) is 28.6 Å². The Bertz CT molecular complexity index is 1120. The molecule has 1 aromatic heterocycles. The monoisotopic (exact) mass is 366 g/mol. The molecule has 0 radical (unpaired) electrons. The minimum atomic E-state index is 0.152. The minimum Gasteiger partial charge on any atom is -0.340 e. The van der Waals surface area contributed by atoms with Crippen LogP contribution in [0.1, 0.15) is 28.8 Å². The summed E-state index contributed by atoms with van der Waals surface area (Å²) in [6.07, 6.45) is 0.152. The Morgan fingerprint density at radius 2 is 1.54 bits per heavy atom. The van der Waals surface area contributed by atoms with E-state index in [0.29, 0.717) is 5.92 Å². The molecule has 3 atom stereocenters. The Morgan fingerprint density at radius 3 is 2.36 bits per heavy atom. The van der Waals surface area contributed by atoms with Crippen molar-refractivity contribution in [3.63, 3.8) is 0 Å². The Kier molecular flexibility index (Phi) is 3.64. The molecule has 0 unspecified atom stereocenters. The molecule has 1 fully saturated rings. The van der Waals surface area contributed by atoms with Gasteiger partial charge in [-0.2, -0.15) is 5.06 Å². The van der Waals surface area contributed by atoms with Gasteiger partial charge in [0.2, 0.25) is 0 Å². The predicted molar refractivity (Wildman–Crippen MR) is 111 cm³/mol. The van der Waals surface area contributed by atoms with Gasteiger partial charge in [0, 0.05) is 23.7 Å². The maximum absolute atomic E-state index is 6.56. The summed E-state index contributed by atoms with van der Waals surface area (Å²) >= 11 is 0. The molecular formula is C25H22N2O. The second kappa shape index (κ2) is 6.33. The Morgan fingerprint density at radius 1 is 0.821 bits per heavy atom. The maximum Gasteiger partial charge on any atom is 0.106 e. The number of benzene rings is 3. The number of hydroxylamine groups is 2. The highest BCUT2D eigenvalue weighted by atomic mass is 16.7. The molecule has 138 valence electrons. The number of aromatic nitrogens is 1. The highest BCUT2D eigenvalue weighted by Gasteiger charge is 2.49. The summed E-state index contributed by atoms with van der Waals surface area (Å²) in [4.78, 5) is 6.56. The standard InChI is InChI=1S/C25H22N2O/c1-3-9-18(10-4-1)16-27-25-22-15-20-13-7-8-14-21(20)26(22)17-23(28-27)24(25)19-11-5-2-6-12-19/h1-15,23-25H,16-17H2/t23-,24+,25+/m0/s1. The van der Waals surface area contributed by atoms with E-state index in [1.165, 1.54) is 27.7 Å². The van der Waals surface area contributed by atoms with Crippen LogP contribution in [0.2, 0.25) is 0 Å². The van der Waals surface area contributed by atoms with Crippen molar-refractivity contribution in [1.29, 1.82) is 0 Å². The van der Waals surface area contributed by atoms with Crippen molar-refractivity contribution in [2.45, 2.75) is 31.2 Å². The first-order valence-corrected chi connectivity index (χ1v) is 9.99. The lowest BCUT2D eigenvalue weighted by Gasteiger charge is -2.31. The topological polar surface area (TPSA) is 17.4 Å². The summed E-state index contributed by atoms with van der Waals surface area (Å²) in [7, 11) is 0. The molecule has 6 rings (SSSR count). The smallest absolute Gasteiger partial charge is 0.106 e. The van der Waals surface area contributed by atoms with Gasteiger partial charge in [-0.3, -0.25) is 4.84 Å². The highest BCUT2D eigenvalue weighted by molar-refractivity contribution is 5.81. The van der Waals surface area contributed by atoms with Crippen LogP contribution in [0.25, 0.3) is 10.9 Å². The number of hydrogen-bond acceptors (Lipinski definition) is 2. The van der Waals surface area contributed by atoms with E-state index in [2.05, 4.69) is 101 Å². The summed E-state index contributed by atoms with van der Waals surface area (Å²) in [6.45, 7) is 1.69. The molecule has 2 bridgehead atoms. The van der Waals surface area contributed by atoms with Crippen molar-refractivity contribution in [3.8, 4) is 0 Å². The van der Waals surface area contributed by atoms with E-state index >= 15 is 0 Å². The Balaban J connectivity index is 1.48. The summed E-state index contributed by atoms with van der Waals surface area (Å²) in [6, 6.07) is 32.8. The van der Waals surface area contributed by atoms with Gasteiger partial charge >= 0.3 is 0 Å². The van der Waals surface area contributed by atoms with Gasteiger partial charge in [-0.15, -0.1) is 0 Å². The zero-order valence-electron chi connectivity index (χ0n) is 15.6. The Hall–Kier alpha value is -2.88. The first-order chi connectivity index (χ1) is 13.9.